The summed E-state index contributed by atoms with van der Waals surface area (Å²) in [6.45, 7) is 0. The Balaban J connectivity index is 2.07. The maximum atomic E-state index is 10.6. The Bertz CT molecular complexity index is 363. The van der Waals surface area contributed by atoms with Gasteiger partial charge in [-0.15, -0.1) is 0 Å². The van der Waals surface area contributed by atoms with Gasteiger partial charge in [-0.25, -0.2) is 4.79 Å². The molecule has 0 aliphatic heterocycles. The Labute approximate surface area is 93.9 Å². The second-order valence-electron chi connectivity index (χ2n) is 4.35. The Hall–Kier alpha value is -1.29. The van der Waals surface area contributed by atoms with Crippen molar-refractivity contribution in [2.24, 2.45) is 5.92 Å². The first-order valence-electron chi connectivity index (χ1n) is 5.69. The monoisotopic (exact) mass is 224 g/mol. The van der Waals surface area contributed by atoms with Crippen molar-refractivity contribution in [1.29, 1.82) is 0 Å². The third-order valence-electron chi connectivity index (χ3n) is 3.23. The van der Waals surface area contributed by atoms with E-state index in [1.807, 2.05) is 0 Å². The van der Waals surface area contributed by atoms with Gasteiger partial charge in [0, 0.05) is 0 Å². The van der Waals surface area contributed by atoms with Crippen LogP contribution in [0.15, 0.2) is 16.5 Å². The number of hydrogen-bond acceptors (Lipinski definition) is 3. The van der Waals surface area contributed by atoms with Gasteiger partial charge >= 0.3 is 5.97 Å². The highest BCUT2D eigenvalue weighted by Crippen LogP contribution is 2.34. The fraction of sp³-hybridized carbons (Fsp3) is 0.583. The summed E-state index contributed by atoms with van der Waals surface area (Å²) in [6.07, 6.45) is 4.81. The predicted octanol–water partition coefficient (Wildman–Crippen LogP) is 2.59. The largest absolute Gasteiger partial charge is 0.475 e. The number of furan rings is 1. The molecule has 1 heterocycles. The van der Waals surface area contributed by atoms with E-state index in [0.717, 1.165) is 25.7 Å². The molecule has 1 aromatic rings. The van der Waals surface area contributed by atoms with Crippen molar-refractivity contribution in [2.45, 2.75) is 38.2 Å². The molecule has 1 atom stereocenters. The number of aliphatic hydroxyl groups excluding tert-OH is 1. The van der Waals surface area contributed by atoms with Crippen LogP contribution in [0, 0.1) is 5.92 Å². The van der Waals surface area contributed by atoms with Crippen LogP contribution >= 0.6 is 0 Å². The molecule has 2 rings (SSSR count). The molecule has 1 fully saturated rings. The molecule has 0 aromatic carbocycles. The number of rotatable bonds is 3. The molecule has 1 unspecified atom stereocenters. The molecule has 88 valence electrons. The van der Waals surface area contributed by atoms with Crippen LogP contribution in [-0.2, 0) is 0 Å². The third kappa shape index (κ3) is 2.27. The normalized spacial score (nSPS) is 19.6. The molecule has 4 nitrogen and oxygen atoms in total. The van der Waals surface area contributed by atoms with E-state index in [9.17, 15) is 9.90 Å². The Morgan fingerprint density at radius 1 is 1.31 bits per heavy atom. The van der Waals surface area contributed by atoms with E-state index in [1.54, 1.807) is 6.07 Å². The molecule has 1 aromatic heterocycles. The molecule has 0 saturated heterocycles. The van der Waals surface area contributed by atoms with Crippen molar-refractivity contribution in [3.05, 3.63) is 23.7 Å². The van der Waals surface area contributed by atoms with E-state index in [4.69, 9.17) is 9.52 Å². The zero-order valence-electron chi connectivity index (χ0n) is 9.06. The highest BCUT2D eigenvalue weighted by Gasteiger charge is 2.26. The SMILES string of the molecule is O=C(O)c1ccc(C(O)C2CCCCC2)o1. The van der Waals surface area contributed by atoms with Gasteiger partial charge in [0.15, 0.2) is 0 Å². The molecule has 1 saturated carbocycles. The van der Waals surface area contributed by atoms with Gasteiger partial charge in [-0.1, -0.05) is 19.3 Å². The van der Waals surface area contributed by atoms with Crippen molar-refractivity contribution in [3.63, 3.8) is 0 Å². The smallest absolute Gasteiger partial charge is 0.371 e. The molecule has 0 radical (unpaired) electrons. The summed E-state index contributed by atoms with van der Waals surface area (Å²) >= 11 is 0. The van der Waals surface area contributed by atoms with E-state index in [1.165, 1.54) is 12.5 Å². The van der Waals surface area contributed by atoms with Gasteiger partial charge in [0.25, 0.3) is 0 Å². The van der Waals surface area contributed by atoms with Gasteiger partial charge in [-0.2, -0.15) is 0 Å². The van der Waals surface area contributed by atoms with E-state index in [2.05, 4.69) is 0 Å². The maximum Gasteiger partial charge on any atom is 0.371 e. The fourth-order valence-electron chi connectivity index (χ4n) is 2.31. The topological polar surface area (TPSA) is 70.7 Å². The van der Waals surface area contributed by atoms with Crippen LogP contribution in [0.3, 0.4) is 0 Å². The van der Waals surface area contributed by atoms with Crippen LogP contribution in [0.2, 0.25) is 0 Å². The minimum Gasteiger partial charge on any atom is -0.475 e. The molecule has 0 bridgehead atoms. The third-order valence-corrected chi connectivity index (χ3v) is 3.23. The van der Waals surface area contributed by atoms with Crippen LogP contribution in [0.25, 0.3) is 0 Å². The average molecular weight is 224 g/mol. The lowest BCUT2D eigenvalue weighted by Gasteiger charge is -2.25. The van der Waals surface area contributed by atoms with Crippen LogP contribution < -0.4 is 0 Å². The lowest BCUT2D eigenvalue weighted by atomic mass is 9.84. The molecule has 4 heteroatoms. The lowest BCUT2D eigenvalue weighted by Crippen LogP contribution is -2.15. The zero-order chi connectivity index (χ0) is 11.5. The number of carboxylic acids is 1. The summed E-state index contributed by atoms with van der Waals surface area (Å²) in [5.41, 5.74) is 0. The van der Waals surface area contributed by atoms with Gasteiger partial charge in [-0.3, -0.25) is 0 Å². The van der Waals surface area contributed by atoms with Crippen LogP contribution in [-0.4, -0.2) is 16.2 Å². The Morgan fingerprint density at radius 3 is 2.56 bits per heavy atom. The molecule has 16 heavy (non-hydrogen) atoms. The first-order valence-corrected chi connectivity index (χ1v) is 5.69. The van der Waals surface area contributed by atoms with E-state index in [0.29, 0.717) is 5.76 Å². The molecular formula is C12H16O4. The molecule has 2 N–H and O–H groups in total. The molecule has 1 aliphatic carbocycles. The summed E-state index contributed by atoms with van der Waals surface area (Å²) in [6, 6.07) is 2.95. The Kier molecular flexibility index (Phi) is 3.29. The zero-order valence-corrected chi connectivity index (χ0v) is 9.06. The van der Waals surface area contributed by atoms with Crippen LogP contribution in [0.4, 0.5) is 0 Å². The second-order valence-corrected chi connectivity index (χ2v) is 4.35. The fourth-order valence-corrected chi connectivity index (χ4v) is 2.31. The molecule has 0 amide bonds. The van der Waals surface area contributed by atoms with Crippen molar-refractivity contribution in [3.8, 4) is 0 Å². The minimum atomic E-state index is -1.10. The number of carbonyl (C=O) groups is 1. The standard InChI is InChI=1S/C12H16O4/c13-11(8-4-2-1-3-5-8)9-6-7-10(16-9)12(14)15/h6-8,11,13H,1-5H2,(H,14,15). The number of aliphatic hydroxyl groups is 1. The molecule has 0 spiro atoms. The highest BCUT2D eigenvalue weighted by molar-refractivity contribution is 5.84. The summed E-state index contributed by atoms with van der Waals surface area (Å²) in [7, 11) is 0. The van der Waals surface area contributed by atoms with E-state index < -0.39 is 12.1 Å². The lowest BCUT2D eigenvalue weighted by molar-refractivity contribution is 0.0566. The van der Waals surface area contributed by atoms with Gasteiger partial charge in [0.05, 0.1) is 0 Å². The second kappa shape index (κ2) is 4.70. The van der Waals surface area contributed by atoms with Gasteiger partial charge < -0.3 is 14.6 Å². The van der Waals surface area contributed by atoms with E-state index in [-0.39, 0.29) is 11.7 Å². The van der Waals surface area contributed by atoms with Crippen LogP contribution in [0.5, 0.6) is 0 Å². The molecular weight excluding hydrogens is 208 g/mol. The first-order chi connectivity index (χ1) is 7.68. The minimum absolute atomic E-state index is 0.107. The number of carboxylic acid groups (broad SMARTS) is 1. The quantitative estimate of drug-likeness (QED) is 0.827. The number of aromatic carboxylic acids is 1. The molecule has 1 aliphatic rings. The van der Waals surface area contributed by atoms with Crippen molar-refractivity contribution in [2.75, 3.05) is 0 Å². The van der Waals surface area contributed by atoms with Gasteiger partial charge in [0.1, 0.15) is 11.9 Å². The van der Waals surface area contributed by atoms with Crippen LogP contribution in [0.1, 0.15) is 54.5 Å². The van der Waals surface area contributed by atoms with E-state index >= 15 is 0 Å². The summed E-state index contributed by atoms with van der Waals surface area (Å²) in [4.78, 5) is 10.6. The maximum absolute atomic E-state index is 10.6. The van der Waals surface area contributed by atoms with Crippen molar-refractivity contribution >= 4 is 5.97 Å². The summed E-state index contributed by atoms with van der Waals surface area (Å²) < 4.78 is 5.11. The summed E-state index contributed by atoms with van der Waals surface area (Å²) in [5.74, 6) is -0.613. The van der Waals surface area contributed by atoms with Gasteiger partial charge in [-0.05, 0) is 30.9 Å². The first kappa shape index (κ1) is 11.2. The average Bonchev–Trinajstić information content (AvgIpc) is 2.78. The summed E-state index contributed by atoms with van der Waals surface area (Å²) in [5, 5.41) is 18.8. The van der Waals surface area contributed by atoms with Gasteiger partial charge in [0.2, 0.25) is 5.76 Å². The highest BCUT2D eigenvalue weighted by atomic mass is 16.4. The van der Waals surface area contributed by atoms with Crippen molar-refractivity contribution < 1.29 is 19.4 Å². The van der Waals surface area contributed by atoms with Crippen molar-refractivity contribution in [1.82, 2.24) is 0 Å². The predicted molar refractivity (Wildman–Crippen MR) is 57.2 cm³/mol. The Morgan fingerprint density at radius 2 is 2.00 bits per heavy atom. The number of hydrogen-bond donors (Lipinski definition) is 2.